The summed E-state index contributed by atoms with van der Waals surface area (Å²) >= 11 is 0. The van der Waals surface area contributed by atoms with Crippen LogP contribution in [-0.2, 0) is 42.8 Å². The van der Waals surface area contributed by atoms with Gasteiger partial charge < -0.3 is 24.4 Å². The molecule has 3 atom stereocenters. The number of methoxy groups -OCH3 is 1. The molecule has 0 aromatic heterocycles. The van der Waals surface area contributed by atoms with Gasteiger partial charge in [-0.1, -0.05) is 86.6 Å². The summed E-state index contributed by atoms with van der Waals surface area (Å²) in [6, 6.07) is 24.6. The van der Waals surface area contributed by atoms with Crippen LogP contribution in [0, 0.1) is 5.92 Å². The predicted octanol–water partition coefficient (Wildman–Crippen LogP) is 5.45. The van der Waals surface area contributed by atoms with Crippen molar-refractivity contribution >= 4 is 19.4 Å². The quantitative estimate of drug-likeness (QED) is 0.175. The molecule has 0 unspecified atom stereocenters. The Bertz CT molecular complexity index is 1270. The van der Waals surface area contributed by atoms with E-state index >= 15 is 0 Å². The number of carbonyl (C=O) groups excluding carboxylic acids is 2. The zero-order valence-electron chi connectivity index (χ0n) is 25.6. The summed E-state index contributed by atoms with van der Waals surface area (Å²) in [4.78, 5) is 26.5. The maximum Gasteiger partial charge on any atom is 0.347 e. The van der Waals surface area contributed by atoms with Gasteiger partial charge in [0, 0.05) is 13.5 Å². The lowest BCUT2D eigenvalue weighted by atomic mass is 10.0. The third-order valence-electron chi connectivity index (χ3n) is 6.93. The fourth-order valence-electron chi connectivity index (χ4n) is 4.50. The molecule has 43 heavy (non-hydrogen) atoms. The zero-order valence-corrected chi connectivity index (χ0v) is 26.5. The van der Waals surface area contributed by atoms with Crippen LogP contribution in [0.4, 0.5) is 0 Å². The first-order valence-electron chi connectivity index (χ1n) is 14.5. The molecular formula is C33H44N3O6P. The van der Waals surface area contributed by atoms with Crippen LogP contribution in [0.2, 0.25) is 0 Å². The fourth-order valence-corrected chi connectivity index (χ4v) is 6.04. The molecule has 3 aromatic carbocycles. The normalized spacial score (nSPS) is 13.6. The lowest BCUT2D eigenvalue weighted by molar-refractivity contribution is -0.130. The summed E-state index contributed by atoms with van der Waals surface area (Å²) in [7, 11) is -0.662. The van der Waals surface area contributed by atoms with Crippen molar-refractivity contribution in [3.8, 4) is 5.75 Å². The summed E-state index contributed by atoms with van der Waals surface area (Å²) in [5.74, 6) is -0.684. The second kappa shape index (κ2) is 17.0. The smallest absolute Gasteiger partial charge is 0.347 e. The summed E-state index contributed by atoms with van der Waals surface area (Å²) in [6.45, 7) is 5.86. The highest BCUT2D eigenvalue weighted by molar-refractivity contribution is 7.54. The van der Waals surface area contributed by atoms with Gasteiger partial charge in [-0.15, -0.1) is 0 Å². The van der Waals surface area contributed by atoms with Crippen molar-refractivity contribution in [2.24, 2.45) is 5.92 Å². The monoisotopic (exact) mass is 609 g/mol. The molecule has 0 saturated heterocycles. The maximum atomic E-state index is 14.3. The first-order chi connectivity index (χ1) is 20.6. The minimum absolute atomic E-state index is 0.0839. The summed E-state index contributed by atoms with van der Waals surface area (Å²) in [5.41, 5.74) is 2.56. The van der Waals surface area contributed by atoms with Crippen LogP contribution in [0.5, 0.6) is 5.75 Å². The fraction of sp³-hybridized carbons (Fsp3) is 0.394. The highest BCUT2D eigenvalue weighted by Crippen LogP contribution is 2.53. The molecule has 0 aliphatic carbocycles. The molecule has 232 valence electrons. The van der Waals surface area contributed by atoms with Gasteiger partial charge in [0.05, 0.1) is 26.4 Å². The van der Waals surface area contributed by atoms with Gasteiger partial charge >= 0.3 is 7.60 Å². The minimum atomic E-state index is -3.78. The van der Waals surface area contributed by atoms with Crippen molar-refractivity contribution in [1.82, 2.24) is 16.0 Å². The van der Waals surface area contributed by atoms with E-state index in [0.717, 1.165) is 16.7 Å². The van der Waals surface area contributed by atoms with E-state index in [1.165, 1.54) is 7.05 Å². The predicted molar refractivity (Wildman–Crippen MR) is 169 cm³/mol. The molecular weight excluding hydrogens is 565 g/mol. The number of hydrogen-bond donors (Lipinski definition) is 3. The Kier molecular flexibility index (Phi) is 13.4. The lowest BCUT2D eigenvalue weighted by Gasteiger charge is -2.30. The van der Waals surface area contributed by atoms with Gasteiger partial charge in [-0.05, 0) is 48.1 Å². The van der Waals surface area contributed by atoms with Crippen LogP contribution in [0.25, 0.3) is 0 Å². The molecule has 3 N–H and O–H groups in total. The molecule has 0 heterocycles. The van der Waals surface area contributed by atoms with E-state index in [1.807, 2.05) is 98.8 Å². The number of rotatable bonds is 17. The van der Waals surface area contributed by atoms with Crippen LogP contribution < -0.4 is 20.7 Å². The third kappa shape index (κ3) is 10.9. The van der Waals surface area contributed by atoms with E-state index in [1.54, 1.807) is 14.0 Å². The number of benzene rings is 3. The SMILES string of the molecule is CNC(=O)[C@H](Cc1ccc(OC)cc1)NC(=O)[C@H](CC(C)C)N[C@@H](C)P(=O)(OCc1ccccc1)OCc1ccccc1. The van der Waals surface area contributed by atoms with Crippen LogP contribution >= 0.6 is 7.60 Å². The van der Waals surface area contributed by atoms with Gasteiger partial charge in [0.15, 0.2) is 0 Å². The van der Waals surface area contributed by atoms with Crippen molar-refractivity contribution in [3.63, 3.8) is 0 Å². The second-order valence-electron chi connectivity index (χ2n) is 10.8. The number of likely N-dealkylation sites (N-methyl/N-ethyl adjacent to an activating group) is 1. The van der Waals surface area contributed by atoms with Crippen LogP contribution in [0.3, 0.4) is 0 Å². The minimum Gasteiger partial charge on any atom is -0.497 e. The van der Waals surface area contributed by atoms with E-state index in [0.29, 0.717) is 12.2 Å². The van der Waals surface area contributed by atoms with E-state index in [9.17, 15) is 14.2 Å². The van der Waals surface area contributed by atoms with Gasteiger partial charge in [0.25, 0.3) is 0 Å². The average molecular weight is 610 g/mol. The second-order valence-corrected chi connectivity index (χ2v) is 13.2. The Morgan fingerprint density at radius 2 is 1.28 bits per heavy atom. The topological polar surface area (TPSA) is 115 Å². The molecule has 0 fully saturated rings. The van der Waals surface area contributed by atoms with Gasteiger partial charge in [-0.2, -0.15) is 0 Å². The van der Waals surface area contributed by atoms with Gasteiger partial charge in [-0.3, -0.25) is 19.5 Å². The molecule has 0 aliphatic rings. The lowest BCUT2D eigenvalue weighted by Crippen LogP contribution is -2.54. The Balaban J connectivity index is 1.78. The highest BCUT2D eigenvalue weighted by atomic mass is 31.2. The average Bonchev–Trinajstić information content (AvgIpc) is 3.02. The summed E-state index contributed by atoms with van der Waals surface area (Å²) < 4.78 is 31.5. The Labute approximate surface area is 255 Å². The first kappa shape index (κ1) is 34.0. The molecule has 0 bridgehead atoms. The number of hydrogen-bond acceptors (Lipinski definition) is 7. The molecule has 0 radical (unpaired) electrons. The standard InChI is InChI=1S/C33H44N3O6P/c1-24(2)20-30(33(38)36-31(32(37)34-4)21-26-16-18-29(40-5)19-17-26)35-25(3)43(39,41-22-27-12-8-6-9-13-27)42-23-28-14-10-7-11-15-28/h6-19,24-25,30-31,35H,20-23H2,1-5H3,(H,34,37)(H,36,38)/t25-,30+,31+/m1/s1. The molecule has 0 spiro atoms. The Hall–Kier alpha value is -3.49. The first-order valence-corrected chi connectivity index (χ1v) is 16.1. The molecule has 3 rings (SSSR count). The van der Waals surface area contributed by atoms with Crippen molar-refractivity contribution in [2.75, 3.05) is 14.2 Å². The van der Waals surface area contributed by atoms with Gasteiger partial charge in [0.1, 0.15) is 17.6 Å². The molecule has 0 saturated carbocycles. The maximum absolute atomic E-state index is 14.3. The number of amides is 2. The summed E-state index contributed by atoms with van der Waals surface area (Å²) in [6.07, 6.45) is 0.731. The number of carbonyl (C=O) groups is 2. The zero-order chi connectivity index (χ0) is 31.2. The van der Waals surface area contributed by atoms with E-state index in [2.05, 4.69) is 16.0 Å². The Morgan fingerprint density at radius 1 is 0.744 bits per heavy atom. The van der Waals surface area contributed by atoms with E-state index in [-0.39, 0.29) is 37.4 Å². The number of ether oxygens (including phenoxy) is 1. The van der Waals surface area contributed by atoms with Crippen molar-refractivity contribution in [1.29, 1.82) is 0 Å². The summed E-state index contributed by atoms with van der Waals surface area (Å²) in [5, 5.41) is 8.78. The Morgan fingerprint density at radius 3 is 1.74 bits per heavy atom. The molecule has 3 aromatic rings. The third-order valence-corrected chi connectivity index (χ3v) is 9.00. The van der Waals surface area contributed by atoms with E-state index in [4.69, 9.17) is 13.8 Å². The molecule has 0 aliphatic heterocycles. The highest BCUT2D eigenvalue weighted by Gasteiger charge is 2.37. The van der Waals surface area contributed by atoms with Crippen LogP contribution in [-0.4, -0.2) is 43.8 Å². The van der Waals surface area contributed by atoms with Crippen molar-refractivity contribution in [2.45, 2.75) is 64.7 Å². The van der Waals surface area contributed by atoms with Crippen LogP contribution in [0.1, 0.15) is 43.9 Å². The molecule has 9 nitrogen and oxygen atoms in total. The number of nitrogens with one attached hydrogen (secondary N) is 3. The van der Waals surface area contributed by atoms with Crippen molar-refractivity contribution in [3.05, 3.63) is 102 Å². The van der Waals surface area contributed by atoms with E-state index < -0.39 is 25.5 Å². The van der Waals surface area contributed by atoms with Gasteiger partial charge in [-0.25, -0.2) is 0 Å². The largest absolute Gasteiger partial charge is 0.497 e. The molecule has 10 heteroatoms. The van der Waals surface area contributed by atoms with Crippen LogP contribution in [0.15, 0.2) is 84.9 Å². The van der Waals surface area contributed by atoms with Gasteiger partial charge in [0.2, 0.25) is 11.8 Å². The molecule has 2 amide bonds. The van der Waals surface area contributed by atoms with Crippen molar-refractivity contribution < 1.29 is 27.9 Å².